The number of carbonyl (C=O) groups excluding carboxylic acids is 1. The molecule has 0 spiro atoms. The van der Waals surface area contributed by atoms with Gasteiger partial charge in [-0.3, -0.25) is 0 Å². The Hall–Kier alpha value is -2.31. The molecule has 0 N–H and O–H groups in total. The van der Waals surface area contributed by atoms with E-state index in [1.54, 1.807) is 30.7 Å². The van der Waals surface area contributed by atoms with E-state index >= 15 is 0 Å². The number of halogens is 3. The Balaban J connectivity index is 1.58. The molecule has 0 saturated carbocycles. The summed E-state index contributed by atoms with van der Waals surface area (Å²) in [4.78, 5) is 17.8. The van der Waals surface area contributed by atoms with E-state index in [2.05, 4.69) is 4.98 Å². The van der Waals surface area contributed by atoms with E-state index in [0.29, 0.717) is 38.5 Å². The zero-order valence-corrected chi connectivity index (χ0v) is 19.3. The Morgan fingerprint density at radius 3 is 2.55 bits per heavy atom. The maximum Gasteiger partial charge on any atom is 0.349 e. The van der Waals surface area contributed by atoms with Gasteiger partial charge >= 0.3 is 5.97 Å². The average molecular weight is 492 g/mol. The van der Waals surface area contributed by atoms with E-state index in [1.807, 2.05) is 46.5 Å². The third-order valence-corrected chi connectivity index (χ3v) is 6.49. The molecule has 2 aromatic carbocycles. The van der Waals surface area contributed by atoms with Crippen LogP contribution in [0.25, 0.3) is 0 Å². The van der Waals surface area contributed by atoms with Gasteiger partial charge in [0.15, 0.2) is 0 Å². The first-order valence-electron chi connectivity index (χ1n) is 9.42. The standard InChI is InChI=1S/C23H17Cl3N2O2S/c24-17-3-1-15(2-4-17)11-16-7-10-31-22(16)23(29)30-21(13-28-9-8-27-14-28)19-6-5-18(25)12-20(19)26/h1-10,12,14,21H,11,13H2. The molecular weight excluding hydrogens is 475 g/mol. The van der Waals surface area contributed by atoms with Crippen molar-refractivity contribution in [3.63, 3.8) is 0 Å². The van der Waals surface area contributed by atoms with Gasteiger partial charge in [0.25, 0.3) is 0 Å². The third-order valence-electron chi connectivity index (χ3n) is 4.73. The highest BCUT2D eigenvalue weighted by Gasteiger charge is 2.24. The molecule has 1 atom stereocenters. The fraction of sp³-hybridized carbons (Fsp3) is 0.130. The van der Waals surface area contributed by atoms with Crippen molar-refractivity contribution < 1.29 is 9.53 Å². The van der Waals surface area contributed by atoms with Crippen molar-refractivity contribution in [3.8, 4) is 0 Å². The van der Waals surface area contributed by atoms with Gasteiger partial charge in [-0.1, -0.05) is 53.0 Å². The summed E-state index contributed by atoms with van der Waals surface area (Å²) in [5, 5.41) is 3.53. The second kappa shape index (κ2) is 9.88. The second-order valence-corrected chi connectivity index (χ2v) is 9.09. The highest BCUT2D eigenvalue weighted by Crippen LogP contribution is 2.32. The summed E-state index contributed by atoms with van der Waals surface area (Å²) >= 11 is 19.8. The summed E-state index contributed by atoms with van der Waals surface area (Å²) in [5.41, 5.74) is 2.65. The Bertz CT molecular complexity index is 1170. The Morgan fingerprint density at radius 1 is 1.06 bits per heavy atom. The lowest BCUT2D eigenvalue weighted by Crippen LogP contribution is -2.17. The van der Waals surface area contributed by atoms with Gasteiger partial charge in [-0.05, 0) is 53.3 Å². The lowest BCUT2D eigenvalue weighted by atomic mass is 10.1. The molecule has 2 heterocycles. The van der Waals surface area contributed by atoms with E-state index in [1.165, 1.54) is 11.3 Å². The van der Waals surface area contributed by atoms with Gasteiger partial charge in [-0.15, -0.1) is 11.3 Å². The molecule has 4 nitrogen and oxygen atoms in total. The molecule has 8 heteroatoms. The summed E-state index contributed by atoms with van der Waals surface area (Å²) in [6.07, 6.45) is 5.16. The zero-order valence-electron chi connectivity index (χ0n) is 16.2. The predicted molar refractivity (Wildman–Crippen MR) is 125 cm³/mol. The van der Waals surface area contributed by atoms with Crippen molar-refractivity contribution in [2.24, 2.45) is 0 Å². The van der Waals surface area contributed by atoms with Gasteiger partial charge in [0, 0.05) is 33.0 Å². The van der Waals surface area contributed by atoms with Crippen LogP contribution in [0.1, 0.15) is 32.5 Å². The fourth-order valence-electron chi connectivity index (χ4n) is 3.21. The summed E-state index contributed by atoms with van der Waals surface area (Å²) in [6, 6.07) is 14.7. The van der Waals surface area contributed by atoms with Gasteiger partial charge in [0.05, 0.1) is 12.9 Å². The van der Waals surface area contributed by atoms with Crippen LogP contribution in [0.2, 0.25) is 15.1 Å². The number of hydrogen-bond acceptors (Lipinski definition) is 4. The van der Waals surface area contributed by atoms with Gasteiger partial charge in [-0.25, -0.2) is 9.78 Å². The summed E-state index contributed by atoms with van der Waals surface area (Å²) < 4.78 is 7.79. The largest absolute Gasteiger partial charge is 0.451 e. The van der Waals surface area contributed by atoms with E-state index in [9.17, 15) is 4.79 Å². The molecule has 0 saturated heterocycles. The topological polar surface area (TPSA) is 44.1 Å². The Morgan fingerprint density at radius 2 is 1.84 bits per heavy atom. The Kier molecular flexibility index (Phi) is 6.98. The zero-order chi connectivity index (χ0) is 21.8. The van der Waals surface area contributed by atoms with Crippen LogP contribution in [0.3, 0.4) is 0 Å². The van der Waals surface area contributed by atoms with E-state index in [4.69, 9.17) is 39.5 Å². The molecule has 4 aromatic rings. The van der Waals surface area contributed by atoms with Crippen molar-refractivity contribution in [1.82, 2.24) is 9.55 Å². The van der Waals surface area contributed by atoms with Crippen molar-refractivity contribution in [2.45, 2.75) is 19.1 Å². The average Bonchev–Trinajstić information content (AvgIpc) is 3.41. The number of nitrogens with zero attached hydrogens (tertiary/aromatic N) is 2. The normalized spacial score (nSPS) is 12.0. The third kappa shape index (κ3) is 5.49. The van der Waals surface area contributed by atoms with Crippen LogP contribution in [0.5, 0.6) is 0 Å². The fourth-order valence-corrected chi connectivity index (χ4v) is 4.67. The predicted octanol–water partition coefficient (Wildman–Crippen LogP) is 7.09. The second-order valence-electron chi connectivity index (χ2n) is 6.90. The lowest BCUT2D eigenvalue weighted by molar-refractivity contribution is 0.0260. The van der Waals surface area contributed by atoms with Crippen LogP contribution in [0.15, 0.2) is 72.6 Å². The molecule has 0 bridgehead atoms. The molecule has 31 heavy (non-hydrogen) atoms. The molecular formula is C23H17Cl3N2O2S. The number of carbonyl (C=O) groups is 1. The van der Waals surface area contributed by atoms with Gasteiger partial charge in [-0.2, -0.15) is 0 Å². The first-order valence-corrected chi connectivity index (χ1v) is 11.4. The molecule has 0 aliphatic heterocycles. The highest BCUT2D eigenvalue weighted by molar-refractivity contribution is 7.12. The number of benzene rings is 2. The summed E-state index contributed by atoms with van der Waals surface area (Å²) in [5.74, 6) is -0.393. The van der Waals surface area contributed by atoms with Gasteiger partial charge < -0.3 is 9.30 Å². The lowest BCUT2D eigenvalue weighted by Gasteiger charge is -2.20. The minimum Gasteiger partial charge on any atom is -0.451 e. The van der Waals surface area contributed by atoms with Crippen molar-refractivity contribution in [3.05, 3.63) is 109 Å². The van der Waals surface area contributed by atoms with Gasteiger partial charge in [0.2, 0.25) is 0 Å². The summed E-state index contributed by atoms with van der Waals surface area (Å²) in [6.45, 7) is 0.380. The highest BCUT2D eigenvalue weighted by atomic mass is 35.5. The number of rotatable bonds is 7. The van der Waals surface area contributed by atoms with Crippen LogP contribution in [0, 0.1) is 0 Å². The van der Waals surface area contributed by atoms with Crippen LogP contribution in [-0.2, 0) is 17.7 Å². The molecule has 4 rings (SSSR count). The number of hydrogen-bond donors (Lipinski definition) is 0. The number of imidazole rings is 1. The molecule has 158 valence electrons. The van der Waals surface area contributed by atoms with Crippen molar-refractivity contribution >= 4 is 52.1 Å². The first-order chi connectivity index (χ1) is 15.0. The minimum atomic E-state index is -0.600. The molecule has 0 aliphatic rings. The molecule has 2 aromatic heterocycles. The van der Waals surface area contributed by atoms with Crippen LogP contribution in [0.4, 0.5) is 0 Å². The van der Waals surface area contributed by atoms with E-state index < -0.39 is 12.1 Å². The monoisotopic (exact) mass is 490 g/mol. The quantitative estimate of drug-likeness (QED) is 0.259. The van der Waals surface area contributed by atoms with E-state index in [-0.39, 0.29) is 0 Å². The SMILES string of the molecule is O=C(OC(Cn1ccnc1)c1ccc(Cl)cc1Cl)c1sccc1Cc1ccc(Cl)cc1. The van der Waals surface area contributed by atoms with E-state index in [0.717, 1.165) is 11.1 Å². The maximum atomic E-state index is 13.1. The maximum absolute atomic E-state index is 13.1. The van der Waals surface area contributed by atoms with Crippen molar-refractivity contribution in [2.75, 3.05) is 0 Å². The molecule has 0 amide bonds. The molecule has 0 radical (unpaired) electrons. The first kappa shape index (κ1) is 21.9. The van der Waals surface area contributed by atoms with Crippen LogP contribution < -0.4 is 0 Å². The molecule has 0 fully saturated rings. The Labute approximate surface area is 199 Å². The number of thiophene rings is 1. The summed E-state index contributed by atoms with van der Waals surface area (Å²) in [7, 11) is 0. The number of aromatic nitrogens is 2. The number of ether oxygens (including phenoxy) is 1. The number of esters is 1. The minimum absolute atomic E-state index is 0.380. The van der Waals surface area contributed by atoms with Gasteiger partial charge in [0.1, 0.15) is 11.0 Å². The molecule has 1 unspecified atom stereocenters. The van der Waals surface area contributed by atoms with Crippen LogP contribution >= 0.6 is 46.1 Å². The van der Waals surface area contributed by atoms with Crippen LogP contribution in [-0.4, -0.2) is 15.5 Å². The van der Waals surface area contributed by atoms with Crippen molar-refractivity contribution in [1.29, 1.82) is 0 Å². The molecule has 0 aliphatic carbocycles. The smallest absolute Gasteiger partial charge is 0.349 e.